The molecule has 10 heteroatoms. The van der Waals surface area contributed by atoms with Gasteiger partial charge < -0.3 is 25.2 Å². The molecule has 182 valence electrons. The first-order valence-corrected chi connectivity index (χ1v) is 11.2. The Bertz CT molecular complexity index is 1200. The molecule has 1 saturated heterocycles. The van der Waals surface area contributed by atoms with Crippen molar-refractivity contribution in [1.82, 2.24) is 9.88 Å². The van der Waals surface area contributed by atoms with E-state index in [2.05, 4.69) is 25.8 Å². The van der Waals surface area contributed by atoms with Gasteiger partial charge in [0.1, 0.15) is 5.75 Å². The molecule has 1 fully saturated rings. The van der Waals surface area contributed by atoms with Crippen LogP contribution in [-0.4, -0.2) is 55.2 Å². The number of anilines is 4. The number of methoxy groups -OCH3 is 1. The van der Waals surface area contributed by atoms with Crippen LogP contribution >= 0.6 is 0 Å². The van der Waals surface area contributed by atoms with Crippen molar-refractivity contribution in [3.8, 4) is 5.75 Å². The second-order valence-electron chi connectivity index (χ2n) is 8.02. The molecule has 0 atom stereocenters. The number of nitrogens with zero attached hydrogens (tertiary/aromatic N) is 3. The summed E-state index contributed by atoms with van der Waals surface area (Å²) in [5.41, 5.74) is 3.14. The topological polar surface area (TPSA) is 98.8 Å². The number of nitrogens with one attached hydrogen (secondary N) is 3. The van der Waals surface area contributed by atoms with Crippen molar-refractivity contribution in [3.63, 3.8) is 0 Å². The maximum Gasteiger partial charge on any atom is 0.323 e. The highest BCUT2D eigenvalue weighted by atomic mass is 19.1. The molecule has 9 nitrogen and oxygen atoms in total. The number of piperazine rings is 1. The third-order valence-corrected chi connectivity index (χ3v) is 5.71. The second kappa shape index (κ2) is 10.7. The van der Waals surface area contributed by atoms with E-state index < -0.39 is 5.82 Å². The largest absolute Gasteiger partial charge is 0.494 e. The Morgan fingerprint density at radius 1 is 0.943 bits per heavy atom. The zero-order valence-corrected chi connectivity index (χ0v) is 19.5. The number of carbonyl (C=O) groups excluding carboxylic acids is 2. The molecule has 1 aromatic heterocycles. The predicted molar refractivity (Wildman–Crippen MR) is 134 cm³/mol. The second-order valence-corrected chi connectivity index (χ2v) is 8.02. The fraction of sp³-hybridized carbons (Fsp3) is 0.240. The van der Waals surface area contributed by atoms with Crippen molar-refractivity contribution in [2.75, 3.05) is 54.1 Å². The van der Waals surface area contributed by atoms with Crippen LogP contribution in [0.3, 0.4) is 0 Å². The number of para-hydroxylation sites is 1. The molecule has 4 amide bonds. The van der Waals surface area contributed by atoms with E-state index in [1.165, 1.54) is 18.3 Å². The number of pyridine rings is 1. The molecule has 4 rings (SSSR count). The molecule has 0 bridgehead atoms. The van der Waals surface area contributed by atoms with Gasteiger partial charge in [0.2, 0.25) is 0 Å². The van der Waals surface area contributed by atoms with Gasteiger partial charge in [0, 0.05) is 43.8 Å². The number of benzene rings is 2. The number of aromatic nitrogens is 1. The lowest BCUT2D eigenvalue weighted by Crippen LogP contribution is -2.50. The Labute approximate surface area is 202 Å². The van der Waals surface area contributed by atoms with Gasteiger partial charge in [-0.3, -0.25) is 5.32 Å². The average Bonchev–Trinajstić information content (AvgIpc) is 2.86. The molecular formula is C25H27FN6O3. The standard InChI is InChI=1S/C25H27FN6O3/c1-17-5-3-7-21(22(17)35-2)29-24(33)28-18-8-10-19(11-9-18)31-13-15-32(16-14-31)25(34)30-23-20(26)6-4-12-27-23/h3-12H,13-16H2,1-2H3,(H,27,30,34)(H2,28,29,33). The fourth-order valence-electron chi connectivity index (χ4n) is 3.89. The third kappa shape index (κ3) is 5.78. The minimum absolute atomic E-state index is 0.0760. The van der Waals surface area contributed by atoms with Gasteiger partial charge in [0.05, 0.1) is 12.8 Å². The zero-order chi connectivity index (χ0) is 24.8. The first-order valence-electron chi connectivity index (χ1n) is 11.2. The summed E-state index contributed by atoms with van der Waals surface area (Å²) < 4.78 is 19.1. The van der Waals surface area contributed by atoms with Crippen molar-refractivity contribution in [2.45, 2.75) is 6.92 Å². The van der Waals surface area contributed by atoms with Crippen LogP contribution in [0.1, 0.15) is 5.56 Å². The molecule has 1 aliphatic heterocycles. The van der Waals surface area contributed by atoms with Crippen molar-refractivity contribution >= 4 is 34.9 Å². The number of rotatable bonds is 5. The van der Waals surface area contributed by atoms with Gasteiger partial charge in [0.25, 0.3) is 0 Å². The number of urea groups is 2. The Morgan fingerprint density at radius 3 is 2.37 bits per heavy atom. The Hall–Kier alpha value is -4.34. The monoisotopic (exact) mass is 478 g/mol. The summed E-state index contributed by atoms with van der Waals surface area (Å²) in [4.78, 5) is 32.5. The maximum atomic E-state index is 13.7. The van der Waals surface area contributed by atoms with Gasteiger partial charge in [-0.15, -0.1) is 0 Å². The molecule has 0 aliphatic carbocycles. The molecule has 1 aliphatic rings. The lowest BCUT2D eigenvalue weighted by Gasteiger charge is -2.36. The van der Waals surface area contributed by atoms with E-state index in [4.69, 9.17) is 4.74 Å². The molecule has 35 heavy (non-hydrogen) atoms. The van der Waals surface area contributed by atoms with E-state index in [1.807, 2.05) is 43.3 Å². The number of hydrogen-bond acceptors (Lipinski definition) is 5. The number of carbonyl (C=O) groups is 2. The number of amides is 4. The highest BCUT2D eigenvalue weighted by molar-refractivity contribution is 6.00. The molecule has 0 spiro atoms. The van der Waals surface area contributed by atoms with Crippen LogP contribution in [0.25, 0.3) is 0 Å². The average molecular weight is 479 g/mol. The van der Waals surface area contributed by atoms with Crippen LogP contribution in [0.4, 0.5) is 36.9 Å². The summed E-state index contributed by atoms with van der Waals surface area (Å²) in [6, 6.07) is 15.0. The third-order valence-electron chi connectivity index (χ3n) is 5.71. The van der Waals surface area contributed by atoms with E-state index >= 15 is 0 Å². The molecule has 2 heterocycles. The van der Waals surface area contributed by atoms with E-state index in [1.54, 1.807) is 18.1 Å². The number of hydrogen-bond donors (Lipinski definition) is 3. The van der Waals surface area contributed by atoms with Crippen LogP contribution in [0, 0.1) is 12.7 Å². The molecule has 3 aromatic rings. The maximum absolute atomic E-state index is 13.7. The smallest absolute Gasteiger partial charge is 0.323 e. The molecular weight excluding hydrogens is 451 g/mol. The molecule has 2 aromatic carbocycles. The van der Waals surface area contributed by atoms with Crippen LogP contribution < -0.4 is 25.6 Å². The summed E-state index contributed by atoms with van der Waals surface area (Å²) >= 11 is 0. The van der Waals surface area contributed by atoms with Crippen LogP contribution in [0.15, 0.2) is 60.8 Å². The lowest BCUT2D eigenvalue weighted by atomic mass is 10.2. The van der Waals surface area contributed by atoms with Gasteiger partial charge >= 0.3 is 12.1 Å². The number of halogens is 1. The highest BCUT2D eigenvalue weighted by Gasteiger charge is 2.22. The summed E-state index contributed by atoms with van der Waals surface area (Å²) in [6.45, 7) is 4.13. The first kappa shape index (κ1) is 23.8. The normalized spacial score (nSPS) is 13.2. The number of ether oxygens (including phenoxy) is 1. The Balaban J connectivity index is 1.29. The summed E-state index contributed by atoms with van der Waals surface area (Å²) in [5, 5.41) is 8.14. The minimum Gasteiger partial charge on any atom is -0.494 e. The van der Waals surface area contributed by atoms with Crippen molar-refractivity contribution in [1.29, 1.82) is 0 Å². The first-order chi connectivity index (χ1) is 16.9. The van der Waals surface area contributed by atoms with E-state index in [0.717, 1.165) is 11.3 Å². The van der Waals surface area contributed by atoms with Crippen LogP contribution in [0.5, 0.6) is 5.75 Å². The van der Waals surface area contributed by atoms with Gasteiger partial charge in [-0.25, -0.2) is 19.0 Å². The Kier molecular flexibility index (Phi) is 7.30. The predicted octanol–water partition coefficient (Wildman–Crippen LogP) is 4.54. The van der Waals surface area contributed by atoms with Crippen molar-refractivity contribution in [2.24, 2.45) is 0 Å². The quantitative estimate of drug-likeness (QED) is 0.500. The van der Waals surface area contributed by atoms with Crippen molar-refractivity contribution in [3.05, 3.63) is 72.2 Å². The highest BCUT2D eigenvalue weighted by Crippen LogP contribution is 2.28. The van der Waals surface area contributed by atoms with E-state index in [0.29, 0.717) is 43.3 Å². The summed E-state index contributed by atoms with van der Waals surface area (Å²) in [5.74, 6) is -0.0243. The van der Waals surface area contributed by atoms with Gasteiger partial charge in [-0.2, -0.15) is 0 Å². The lowest BCUT2D eigenvalue weighted by molar-refractivity contribution is 0.208. The molecule has 0 saturated carbocycles. The van der Waals surface area contributed by atoms with Gasteiger partial charge in [0.15, 0.2) is 11.6 Å². The SMILES string of the molecule is COc1c(C)cccc1NC(=O)Nc1ccc(N2CCN(C(=O)Nc3ncccc3F)CC2)cc1. The van der Waals surface area contributed by atoms with Gasteiger partial charge in [-0.05, 0) is 55.0 Å². The molecule has 0 radical (unpaired) electrons. The van der Waals surface area contributed by atoms with E-state index in [9.17, 15) is 14.0 Å². The Morgan fingerprint density at radius 2 is 1.69 bits per heavy atom. The van der Waals surface area contributed by atoms with Crippen molar-refractivity contribution < 1.29 is 18.7 Å². The fourth-order valence-corrected chi connectivity index (χ4v) is 3.89. The minimum atomic E-state index is -0.570. The van der Waals surface area contributed by atoms with E-state index in [-0.39, 0.29) is 17.9 Å². The van der Waals surface area contributed by atoms with Crippen LogP contribution in [-0.2, 0) is 0 Å². The molecule has 3 N–H and O–H groups in total. The summed E-state index contributed by atoms with van der Waals surface area (Å²) in [7, 11) is 1.57. The zero-order valence-electron chi connectivity index (χ0n) is 19.5. The molecule has 0 unspecified atom stereocenters. The van der Waals surface area contributed by atoms with Crippen LogP contribution in [0.2, 0.25) is 0 Å². The summed E-state index contributed by atoms with van der Waals surface area (Å²) in [6.07, 6.45) is 1.43. The number of aryl methyl sites for hydroxylation is 1. The van der Waals surface area contributed by atoms with Gasteiger partial charge in [-0.1, -0.05) is 12.1 Å².